The van der Waals surface area contributed by atoms with Gasteiger partial charge in [-0.15, -0.1) is 0 Å². The second-order valence-corrected chi connectivity index (χ2v) is 12.0. The third kappa shape index (κ3) is 4.95. The van der Waals surface area contributed by atoms with Gasteiger partial charge in [-0.2, -0.15) is 0 Å². The van der Waals surface area contributed by atoms with E-state index in [2.05, 4.69) is 193 Å². The molecular weight excluding hydrogens is 556 g/mol. The molecule has 46 heavy (non-hydrogen) atoms. The van der Waals surface area contributed by atoms with E-state index in [1.165, 1.54) is 77.4 Å². The van der Waals surface area contributed by atoms with Crippen molar-refractivity contribution >= 4 is 21.7 Å². The zero-order chi connectivity index (χ0) is 31.0. The Morgan fingerprint density at radius 2 is 0.783 bits per heavy atom. The second kappa shape index (κ2) is 11.6. The van der Waals surface area contributed by atoms with Crippen molar-refractivity contribution < 1.29 is 9.13 Å². The summed E-state index contributed by atoms with van der Waals surface area (Å²) in [6, 6.07) is 57.1. The molecule has 2 nitrogen and oxygen atoms in total. The molecule has 0 aliphatic rings. The van der Waals surface area contributed by atoms with Crippen molar-refractivity contribution in [1.29, 1.82) is 0 Å². The first-order valence-electron chi connectivity index (χ1n) is 15.8. The molecule has 6 aromatic carbocycles. The van der Waals surface area contributed by atoms with Crippen LogP contribution in [0.15, 0.2) is 170 Å². The maximum atomic E-state index is 2.25. The summed E-state index contributed by atoms with van der Waals surface area (Å²) >= 11 is 0. The molecule has 2 heteroatoms. The van der Waals surface area contributed by atoms with Gasteiger partial charge in [-0.3, -0.25) is 0 Å². The third-order valence-electron chi connectivity index (χ3n) is 9.21. The number of rotatable bonds is 5. The van der Waals surface area contributed by atoms with Crippen molar-refractivity contribution in [2.45, 2.75) is 0 Å². The average Bonchev–Trinajstić information content (AvgIpc) is 3.12. The molecule has 0 aliphatic heterocycles. The molecule has 2 aromatic heterocycles. The summed E-state index contributed by atoms with van der Waals surface area (Å²) in [5.41, 5.74) is 13.5. The number of aryl methyl sites for hydroxylation is 2. The number of benzene rings is 6. The van der Waals surface area contributed by atoms with Crippen LogP contribution in [0.2, 0.25) is 0 Å². The van der Waals surface area contributed by atoms with Crippen LogP contribution in [-0.2, 0) is 14.1 Å². The van der Waals surface area contributed by atoms with Crippen LogP contribution in [-0.4, -0.2) is 0 Å². The lowest BCUT2D eigenvalue weighted by molar-refractivity contribution is -0.659. The van der Waals surface area contributed by atoms with Crippen LogP contribution in [0.1, 0.15) is 0 Å². The minimum absolute atomic E-state index is 1.20. The van der Waals surface area contributed by atoms with Gasteiger partial charge in [0.1, 0.15) is 14.1 Å². The van der Waals surface area contributed by atoms with E-state index >= 15 is 0 Å². The molecule has 0 bridgehead atoms. The van der Waals surface area contributed by atoms with Gasteiger partial charge in [-0.1, -0.05) is 115 Å². The molecule has 0 saturated heterocycles. The molecule has 218 valence electrons. The summed E-state index contributed by atoms with van der Waals surface area (Å²) in [4.78, 5) is 0. The van der Waals surface area contributed by atoms with Gasteiger partial charge >= 0.3 is 0 Å². The number of fused-ring (bicyclic) bond motifs is 2. The van der Waals surface area contributed by atoms with Crippen LogP contribution in [0, 0.1) is 0 Å². The van der Waals surface area contributed by atoms with Crippen molar-refractivity contribution in [2.24, 2.45) is 14.1 Å². The summed E-state index contributed by atoms with van der Waals surface area (Å²) in [7, 11) is 4.23. The summed E-state index contributed by atoms with van der Waals surface area (Å²) in [5, 5.41) is 3.76. The SMILES string of the molecule is C[n+]1ccc2c(-c3ccc(-c4ccccc4)cc3)cccc2c1-c1ccc(-c2ccc(-c3cc[n+](C)c4ccccc34)cc2)cc1. The molecule has 8 aromatic rings. The van der Waals surface area contributed by atoms with Crippen molar-refractivity contribution in [1.82, 2.24) is 0 Å². The van der Waals surface area contributed by atoms with Gasteiger partial charge in [-0.05, 0) is 63.2 Å². The maximum Gasteiger partial charge on any atom is 0.220 e. The molecule has 0 fully saturated rings. The molecule has 0 radical (unpaired) electrons. The summed E-state index contributed by atoms with van der Waals surface area (Å²) in [5.74, 6) is 0. The highest BCUT2D eigenvalue weighted by Crippen LogP contribution is 2.35. The van der Waals surface area contributed by atoms with Gasteiger partial charge < -0.3 is 0 Å². The molecule has 0 amide bonds. The van der Waals surface area contributed by atoms with Crippen LogP contribution in [0.3, 0.4) is 0 Å². The highest BCUT2D eigenvalue weighted by molar-refractivity contribution is 6.02. The number of pyridine rings is 2. The standard InChI is InChI=1S/C44H34N2/c1-45-29-27-39(41-11-6-7-14-43(41)45)36-23-17-33(18-24-36)34-19-25-37(26-20-34)44-42-13-8-12-38(40(42)28-30-46(44)2)35-21-15-32(16-22-35)31-9-4-3-5-10-31/h3-30H,1-2H3/q+2. The normalized spacial score (nSPS) is 11.3. The molecule has 0 N–H and O–H groups in total. The molecule has 0 saturated carbocycles. The topological polar surface area (TPSA) is 7.76 Å². The smallest absolute Gasteiger partial charge is 0.201 e. The zero-order valence-corrected chi connectivity index (χ0v) is 26.1. The molecule has 2 heterocycles. The monoisotopic (exact) mass is 590 g/mol. The Labute approximate surface area is 270 Å². The fourth-order valence-corrected chi connectivity index (χ4v) is 6.77. The molecule has 0 unspecified atom stereocenters. The minimum Gasteiger partial charge on any atom is -0.201 e. The Morgan fingerprint density at radius 1 is 0.304 bits per heavy atom. The number of aromatic nitrogens is 2. The Morgan fingerprint density at radius 3 is 1.43 bits per heavy atom. The number of para-hydroxylation sites is 1. The summed E-state index contributed by atoms with van der Waals surface area (Å²) < 4.78 is 4.41. The first-order chi connectivity index (χ1) is 22.6. The van der Waals surface area contributed by atoms with E-state index in [0.717, 1.165) is 0 Å². The molecular formula is C44H34N2+2. The summed E-state index contributed by atoms with van der Waals surface area (Å²) in [6.07, 6.45) is 4.32. The van der Waals surface area contributed by atoms with Crippen molar-refractivity contribution in [3.05, 3.63) is 170 Å². The lowest BCUT2D eigenvalue weighted by Gasteiger charge is -2.11. The molecule has 0 aliphatic carbocycles. The molecule has 0 atom stereocenters. The number of hydrogen-bond donors (Lipinski definition) is 0. The van der Waals surface area contributed by atoms with E-state index in [1.807, 2.05) is 0 Å². The van der Waals surface area contributed by atoms with E-state index in [1.54, 1.807) is 0 Å². The lowest BCUT2D eigenvalue weighted by Crippen LogP contribution is -2.30. The quantitative estimate of drug-likeness (QED) is 0.176. The second-order valence-electron chi connectivity index (χ2n) is 12.0. The van der Waals surface area contributed by atoms with Crippen LogP contribution >= 0.6 is 0 Å². The first kappa shape index (κ1) is 27.7. The maximum absolute atomic E-state index is 2.25. The van der Waals surface area contributed by atoms with E-state index in [4.69, 9.17) is 0 Å². The van der Waals surface area contributed by atoms with Gasteiger partial charge in [0.15, 0.2) is 12.4 Å². The van der Waals surface area contributed by atoms with Gasteiger partial charge in [0, 0.05) is 34.7 Å². The van der Waals surface area contributed by atoms with Gasteiger partial charge in [0.25, 0.3) is 0 Å². The van der Waals surface area contributed by atoms with Crippen LogP contribution in [0.25, 0.3) is 77.4 Å². The Hall–Kier alpha value is -5.86. The van der Waals surface area contributed by atoms with E-state index in [-0.39, 0.29) is 0 Å². The molecule has 8 rings (SSSR count). The van der Waals surface area contributed by atoms with E-state index in [0.29, 0.717) is 0 Å². The van der Waals surface area contributed by atoms with E-state index < -0.39 is 0 Å². The lowest BCUT2D eigenvalue weighted by atomic mass is 9.94. The van der Waals surface area contributed by atoms with Crippen molar-refractivity contribution in [3.8, 4) is 55.8 Å². The predicted molar refractivity (Wildman–Crippen MR) is 191 cm³/mol. The first-order valence-corrected chi connectivity index (χ1v) is 15.8. The van der Waals surface area contributed by atoms with Crippen molar-refractivity contribution in [2.75, 3.05) is 0 Å². The minimum atomic E-state index is 1.20. The van der Waals surface area contributed by atoms with Crippen LogP contribution < -0.4 is 9.13 Å². The predicted octanol–water partition coefficient (Wildman–Crippen LogP) is 9.98. The van der Waals surface area contributed by atoms with E-state index in [9.17, 15) is 0 Å². The summed E-state index contributed by atoms with van der Waals surface area (Å²) in [6.45, 7) is 0. The van der Waals surface area contributed by atoms with Crippen LogP contribution in [0.4, 0.5) is 0 Å². The largest absolute Gasteiger partial charge is 0.220 e. The third-order valence-corrected chi connectivity index (χ3v) is 9.21. The van der Waals surface area contributed by atoms with Gasteiger partial charge in [-0.25, -0.2) is 9.13 Å². The Kier molecular flexibility index (Phi) is 6.96. The zero-order valence-electron chi connectivity index (χ0n) is 26.1. The Bertz CT molecular complexity index is 2340. The fourth-order valence-electron chi connectivity index (χ4n) is 6.77. The van der Waals surface area contributed by atoms with Gasteiger partial charge in [0.2, 0.25) is 11.2 Å². The van der Waals surface area contributed by atoms with Gasteiger partial charge in [0.05, 0.1) is 10.8 Å². The van der Waals surface area contributed by atoms with Crippen LogP contribution in [0.5, 0.6) is 0 Å². The molecule has 0 spiro atoms. The average molecular weight is 591 g/mol. The highest BCUT2D eigenvalue weighted by Gasteiger charge is 2.18. The fraction of sp³-hybridized carbons (Fsp3) is 0.0455. The number of hydrogen-bond acceptors (Lipinski definition) is 0. The Balaban J connectivity index is 1.11. The highest BCUT2D eigenvalue weighted by atomic mass is 14.9. The van der Waals surface area contributed by atoms with Crippen molar-refractivity contribution in [3.63, 3.8) is 0 Å². The number of nitrogens with zero attached hydrogens (tertiary/aromatic N) is 2.